The normalized spacial score (nSPS) is 15.3. The Morgan fingerprint density at radius 1 is 1.19 bits per heavy atom. The summed E-state index contributed by atoms with van der Waals surface area (Å²) in [6.07, 6.45) is -0.584. The number of fused-ring (bicyclic) bond motifs is 3. The van der Waals surface area contributed by atoms with Crippen LogP contribution in [0.15, 0.2) is 42.5 Å². The number of alkyl carbamates (subject to hydrolysis) is 1. The van der Waals surface area contributed by atoms with Gasteiger partial charge in [0.1, 0.15) is 13.2 Å². The van der Waals surface area contributed by atoms with Crippen molar-refractivity contribution in [1.29, 1.82) is 0 Å². The van der Waals surface area contributed by atoms with E-state index < -0.39 is 17.7 Å². The van der Waals surface area contributed by atoms with E-state index in [1.54, 1.807) is 7.05 Å². The molecular formula is C23H23F2N3O4. The minimum Gasteiger partial charge on any atom is -0.475 e. The van der Waals surface area contributed by atoms with Gasteiger partial charge in [0, 0.05) is 10.9 Å². The Morgan fingerprint density at radius 2 is 1.94 bits per heavy atom. The number of likely N-dealkylation sites (N-methyl/N-ethyl adjacent to an activating group) is 1. The molecule has 0 saturated carbocycles. The van der Waals surface area contributed by atoms with Crippen LogP contribution in [0.1, 0.15) is 22.9 Å². The van der Waals surface area contributed by atoms with Crippen LogP contribution < -0.4 is 15.4 Å². The van der Waals surface area contributed by atoms with Gasteiger partial charge in [0.2, 0.25) is 5.88 Å². The van der Waals surface area contributed by atoms with Gasteiger partial charge in [-0.2, -0.15) is 0 Å². The lowest BCUT2D eigenvalue weighted by Gasteiger charge is -2.27. The van der Waals surface area contributed by atoms with Gasteiger partial charge in [-0.15, -0.1) is 0 Å². The van der Waals surface area contributed by atoms with Crippen LogP contribution in [-0.2, 0) is 22.7 Å². The highest BCUT2D eigenvalue weighted by Crippen LogP contribution is 2.36. The number of hydrogen-bond donors (Lipinski definition) is 2. The number of ether oxygens (including phenoxy) is 3. The number of halogens is 2. The summed E-state index contributed by atoms with van der Waals surface area (Å²) in [5.41, 5.74) is 2.24. The lowest BCUT2D eigenvalue weighted by molar-refractivity contribution is 0.0814. The van der Waals surface area contributed by atoms with Gasteiger partial charge < -0.3 is 24.8 Å². The summed E-state index contributed by atoms with van der Waals surface area (Å²) in [6.45, 7) is 1.00. The maximum absolute atomic E-state index is 14.0. The fraction of sp³-hybridized carbons (Fsp3) is 0.304. The summed E-state index contributed by atoms with van der Waals surface area (Å²) in [5.74, 6) is -1.78. The molecule has 0 radical (unpaired) electrons. The highest BCUT2D eigenvalue weighted by atomic mass is 19.2. The fourth-order valence-corrected chi connectivity index (χ4v) is 3.61. The molecule has 0 unspecified atom stereocenters. The van der Waals surface area contributed by atoms with E-state index in [1.807, 2.05) is 30.3 Å². The van der Waals surface area contributed by atoms with Crippen LogP contribution >= 0.6 is 0 Å². The van der Waals surface area contributed by atoms with Crippen LogP contribution in [0, 0.1) is 11.6 Å². The number of nitrogens with zero attached hydrogens (tertiary/aromatic N) is 1. The minimum absolute atomic E-state index is 0.0661. The van der Waals surface area contributed by atoms with E-state index in [9.17, 15) is 13.6 Å². The topological polar surface area (TPSA) is 81.7 Å². The van der Waals surface area contributed by atoms with Crippen LogP contribution in [0.3, 0.4) is 0 Å². The molecule has 1 atom stereocenters. The van der Waals surface area contributed by atoms with Crippen molar-refractivity contribution in [3.05, 3.63) is 70.9 Å². The Labute approximate surface area is 183 Å². The smallest absolute Gasteiger partial charge is 0.407 e. The summed E-state index contributed by atoms with van der Waals surface area (Å²) in [5, 5.41) is 6.57. The van der Waals surface area contributed by atoms with E-state index in [2.05, 4.69) is 15.6 Å². The third-order valence-electron chi connectivity index (χ3n) is 5.17. The molecule has 7 nitrogen and oxygen atoms in total. The molecule has 2 heterocycles. The Hall–Kier alpha value is -3.30. The predicted octanol–water partition coefficient (Wildman–Crippen LogP) is 3.61. The Balaban J connectivity index is 1.44. The first-order valence-corrected chi connectivity index (χ1v) is 10.2. The minimum atomic E-state index is -0.986. The van der Waals surface area contributed by atoms with Crippen molar-refractivity contribution in [2.75, 3.05) is 26.8 Å². The molecule has 1 aromatic heterocycles. The highest BCUT2D eigenvalue weighted by Gasteiger charge is 2.26. The van der Waals surface area contributed by atoms with Crippen molar-refractivity contribution in [1.82, 2.24) is 15.6 Å². The van der Waals surface area contributed by atoms with E-state index in [0.717, 1.165) is 23.3 Å². The van der Waals surface area contributed by atoms with E-state index in [4.69, 9.17) is 14.2 Å². The standard InChI is InChI=1S/C23H23F2N3O4/c1-26-19-12-30-13-20-21(19)15-9-17(24)18(25)10-16(15)22(28-20)31-8-7-27-23(29)32-11-14-5-3-2-4-6-14/h2-6,9-10,19,26H,7-8,11-13H2,1H3,(H,27,29)/t19-/m1/s1. The molecular weight excluding hydrogens is 420 g/mol. The molecule has 4 rings (SSSR count). The summed E-state index contributed by atoms with van der Waals surface area (Å²) in [4.78, 5) is 16.3. The third kappa shape index (κ3) is 4.79. The van der Waals surface area contributed by atoms with Crippen LogP contribution in [-0.4, -0.2) is 37.9 Å². The van der Waals surface area contributed by atoms with Crippen LogP contribution in [0.2, 0.25) is 0 Å². The average Bonchev–Trinajstić information content (AvgIpc) is 2.81. The molecule has 1 aliphatic rings. The zero-order valence-corrected chi connectivity index (χ0v) is 17.5. The molecule has 0 fully saturated rings. The fourth-order valence-electron chi connectivity index (χ4n) is 3.61. The number of rotatable bonds is 7. The van der Waals surface area contributed by atoms with E-state index in [1.165, 1.54) is 0 Å². The third-order valence-corrected chi connectivity index (χ3v) is 5.17. The summed E-state index contributed by atoms with van der Waals surface area (Å²) >= 11 is 0. The molecule has 1 aliphatic heterocycles. The Bertz CT molecular complexity index is 1110. The maximum Gasteiger partial charge on any atom is 0.407 e. The first kappa shape index (κ1) is 21.9. The second-order valence-corrected chi connectivity index (χ2v) is 7.28. The lowest BCUT2D eigenvalue weighted by atomic mass is 9.96. The van der Waals surface area contributed by atoms with Crippen LogP contribution in [0.4, 0.5) is 13.6 Å². The molecule has 0 spiro atoms. The number of aromatic nitrogens is 1. The lowest BCUT2D eigenvalue weighted by Crippen LogP contribution is -2.29. The SMILES string of the molecule is CN[C@@H]1COCc2nc(OCCNC(=O)OCc3ccccc3)c3cc(F)c(F)cc3c21. The van der Waals surface area contributed by atoms with Gasteiger partial charge in [0.05, 0.1) is 31.5 Å². The molecule has 9 heteroatoms. The van der Waals surface area contributed by atoms with Gasteiger partial charge in [-0.1, -0.05) is 30.3 Å². The summed E-state index contributed by atoms with van der Waals surface area (Å²) in [6, 6.07) is 11.3. The van der Waals surface area contributed by atoms with Crippen molar-refractivity contribution in [2.45, 2.75) is 19.3 Å². The second kappa shape index (κ2) is 9.88. The molecule has 3 aromatic rings. The zero-order chi connectivity index (χ0) is 22.5. The number of benzene rings is 2. The number of amides is 1. The van der Waals surface area contributed by atoms with Gasteiger partial charge >= 0.3 is 6.09 Å². The van der Waals surface area contributed by atoms with Crippen molar-refractivity contribution in [2.24, 2.45) is 0 Å². The van der Waals surface area contributed by atoms with Gasteiger partial charge in [0.25, 0.3) is 0 Å². The van der Waals surface area contributed by atoms with Gasteiger partial charge in [-0.25, -0.2) is 18.6 Å². The largest absolute Gasteiger partial charge is 0.475 e. The number of nitrogens with one attached hydrogen (secondary N) is 2. The van der Waals surface area contributed by atoms with E-state index >= 15 is 0 Å². The zero-order valence-electron chi connectivity index (χ0n) is 17.5. The first-order chi connectivity index (χ1) is 15.6. The monoisotopic (exact) mass is 443 g/mol. The molecule has 2 N–H and O–H groups in total. The molecule has 0 aliphatic carbocycles. The molecule has 2 aromatic carbocycles. The second-order valence-electron chi connectivity index (χ2n) is 7.28. The molecule has 0 bridgehead atoms. The maximum atomic E-state index is 14.0. The van der Waals surface area contributed by atoms with Crippen molar-refractivity contribution in [3.8, 4) is 5.88 Å². The van der Waals surface area contributed by atoms with Gasteiger partial charge in [-0.05, 0) is 30.1 Å². The quantitative estimate of drug-likeness (QED) is 0.543. The van der Waals surface area contributed by atoms with E-state index in [-0.39, 0.29) is 38.3 Å². The van der Waals surface area contributed by atoms with Crippen molar-refractivity contribution < 1.29 is 27.8 Å². The van der Waals surface area contributed by atoms with Crippen molar-refractivity contribution in [3.63, 3.8) is 0 Å². The highest BCUT2D eigenvalue weighted by molar-refractivity contribution is 5.91. The van der Waals surface area contributed by atoms with E-state index in [0.29, 0.717) is 23.1 Å². The number of carbonyl (C=O) groups excluding carboxylic acids is 1. The van der Waals surface area contributed by atoms with Crippen molar-refractivity contribution >= 4 is 16.9 Å². The van der Waals surface area contributed by atoms with Gasteiger partial charge in [0.15, 0.2) is 11.6 Å². The molecule has 0 saturated heterocycles. The molecule has 32 heavy (non-hydrogen) atoms. The first-order valence-electron chi connectivity index (χ1n) is 10.2. The predicted molar refractivity (Wildman–Crippen MR) is 113 cm³/mol. The Morgan fingerprint density at radius 3 is 2.69 bits per heavy atom. The number of carbonyl (C=O) groups is 1. The summed E-state index contributed by atoms with van der Waals surface area (Å²) < 4.78 is 44.4. The average molecular weight is 443 g/mol. The summed E-state index contributed by atoms with van der Waals surface area (Å²) in [7, 11) is 1.77. The van der Waals surface area contributed by atoms with Gasteiger partial charge in [-0.3, -0.25) is 0 Å². The molecule has 168 valence electrons. The molecule has 1 amide bonds. The van der Waals surface area contributed by atoms with Crippen LogP contribution in [0.5, 0.6) is 5.88 Å². The number of hydrogen-bond acceptors (Lipinski definition) is 6. The number of pyridine rings is 1. The van der Waals surface area contributed by atoms with Crippen LogP contribution in [0.25, 0.3) is 10.8 Å². The Kier molecular flexibility index (Phi) is 6.77.